The molecule has 0 aromatic rings. The number of aliphatic carboxylic acids is 1. The molecule has 2 unspecified atom stereocenters. The van der Waals surface area contributed by atoms with Gasteiger partial charge in [-0.05, 0) is 38.0 Å². The van der Waals surface area contributed by atoms with Gasteiger partial charge < -0.3 is 10.0 Å². The summed E-state index contributed by atoms with van der Waals surface area (Å²) in [5.41, 5.74) is 1.24. The summed E-state index contributed by atoms with van der Waals surface area (Å²) in [5, 5.41) is 9.13. The lowest BCUT2D eigenvalue weighted by molar-refractivity contribution is -0.146. The van der Waals surface area contributed by atoms with Crippen molar-refractivity contribution in [3.63, 3.8) is 0 Å². The van der Waals surface area contributed by atoms with Gasteiger partial charge in [0, 0.05) is 19.5 Å². The van der Waals surface area contributed by atoms with Gasteiger partial charge in [-0.3, -0.25) is 9.59 Å². The molecule has 2 rings (SSSR count). The molecule has 1 heterocycles. The van der Waals surface area contributed by atoms with Crippen LogP contribution in [0.2, 0.25) is 0 Å². The van der Waals surface area contributed by atoms with Crippen LogP contribution in [-0.4, -0.2) is 35.0 Å². The molecule has 1 N–H and O–H groups in total. The van der Waals surface area contributed by atoms with Gasteiger partial charge in [0.15, 0.2) is 0 Å². The van der Waals surface area contributed by atoms with Crippen molar-refractivity contribution in [3.05, 3.63) is 11.6 Å². The van der Waals surface area contributed by atoms with E-state index in [0.29, 0.717) is 25.9 Å². The minimum Gasteiger partial charge on any atom is -0.481 e. The molecule has 0 aromatic carbocycles. The Hall–Kier alpha value is -1.32. The summed E-state index contributed by atoms with van der Waals surface area (Å²) in [5.74, 6) is -0.792. The number of carbonyl (C=O) groups is 2. The number of nitrogens with zero attached hydrogens (tertiary/aromatic N) is 1. The normalized spacial score (nSPS) is 27.8. The largest absolute Gasteiger partial charge is 0.481 e. The minimum absolute atomic E-state index is 0.103. The van der Waals surface area contributed by atoms with Gasteiger partial charge in [-0.25, -0.2) is 0 Å². The van der Waals surface area contributed by atoms with E-state index in [1.807, 2.05) is 6.92 Å². The third-order valence-corrected chi connectivity index (χ3v) is 4.12. The second-order valence-corrected chi connectivity index (χ2v) is 5.96. The molecule has 0 radical (unpaired) electrons. The molecule has 4 heteroatoms. The second kappa shape index (κ2) is 6.22. The monoisotopic (exact) mass is 265 g/mol. The predicted octanol–water partition coefficient (Wildman–Crippen LogP) is 2.45. The Morgan fingerprint density at radius 1 is 1.37 bits per heavy atom. The minimum atomic E-state index is -0.777. The first kappa shape index (κ1) is 14.1. The number of likely N-dealkylation sites (tertiary alicyclic amines) is 1. The number of allylic oxidation sites excluding steroid dienone is 1. The Labute approximate surface area is 114 Å². The average molecular weight is 265 g/mol. The summed E-state index contributed by atoms with van der Waals surface area (Å²) in [7, 11) is 0. The number of rotatable bonds is 3. The van der Waals surface area contributed by atoms with Crippen LogP contribution in [0.3, 0.4) is 0 Å². The van der Waals surface area contributed by atoms with Crippen molar-refractivity contribution in [3.8, 4) is 0 Å². The number of hydrogen-bond donors (Lipinski definition) is 1. The first-order chi connectivity index (χ1) is 9.06. The highest BCUT2D eigenvalue weighted by Gasteiger charge is 2.31. The van der Waals surface area contributed by atoms with E-state index in [2.05, 4.69) is 6.08 Å². The quantitative estimate of drug-likeness (QED) is 0.797. The zero-order valence-electron chi connectivity index (χ0n) is 11.6. The van der Waals surface area contributed by atoms with Crippen LogP contribution in [-0.2, 0) is 9.59 Å². The van der Waals surface area contributed by atoms with E-state index in [1.54, 1.807) is 4.90 Å². The van der Waals surface area contributed by atoms with Crippen LogP contribution in [0.5, 0.6) is 0 Å². The first-order valence-corrected chi connectivity index (χ1v) is 7.24. The van der Waals surface area contributed by atoms with Gasteiger partial charge in [-0.2, -0.15) is 0 Å². The lowest BCUT2D eigenvalue weighted by Gasteiger charge is -2.35. The average Bonchev–Trinajstić information content (AvgIpc) is 2.39. The van der Waals surface area contributed by atoms with Crippen molar-refractivity contribution >= 4 is 11.9 Å². The molecule has 0 saturated carbocycles. The van der Waals surface area contributed by atoms with E-state index in [-0.39, 0.29) is 11.8 Å². The molecular formula is C15H23NO3. The van der Waals surface area contributed by atoms with E-state index >= 15 is 0 Å². The van der Waals surface area contributed by atoms with Crippen molar-refractivity contribution < 1.29 is 14.7 Å². The molecule has 106 valence electrons. The van der Waals surface area contributed by atoms with Gasteiger partial charge in [0.2, 0.25) is 5.91 Å². The van der Waals surface area contributed by atoms with Gasteiger partial charge in [0.05, 0.1) is 5.92 Å². The predicted molar refractivity (Wildman–Crippen MR) is 72.7 cm³/mol. The van der Waals surface area contributed by atoms with Crippen LogP contribution in [0.4, 0.5) is 0 Å². The maximum absolute atomic E-state index is 12.3. The second-order valence-electron chi connectivity index (χ2n) is 5.96. The smallest absolute Gasteiger partial charge is 0.308 e. The highest BCUT2D eigenvalue weighted by Crippen LogP contribution is 2.25. The van der Waals surface area contributed by atoms with Crippen molar-refractivity contribution in [2.75, 3.05) is 13.1 Å². The standard InChI is InChI=1S/C15H23NO3/c1-11-7-13(15(18)19)10-16(9-11)14(17)8-12-5-3-2-4-6-12/h5,11,13H,2-4,6-10H2,1H3,(H,18,19). The van der Waals surface area contributed by atoms with Crippen LogP contribution in [0.15, 0.2) is 11.6 Å². The number of carboxylic acid groups (broad SMARTS) is 1. The Kier molecular flexibility index (Phi) is 4.61. The zero-order chi connectivity index (χ0) is 13.8. The van der Waals surface area contributed by atoms with Crippen molar-refractivity contribution in [1.29, 1.82) is 0 Å². The summed E-state index contributed by atoms with van der Waals surface area (Å²) in [6.45, 7) is 3.11. The summed E-state index contributed by atoms with van der Waals surface area (Å²) in [4.78, 5) is 25.1. The van der Waals surface area contributed by atoms with Gasteiger partial charge in [0.25, 0.3) is 0 Å². The third-order valence-electron chi connectivity index (χ3n) is 4.12. The highest BCUT2D eigenvalue weighted by molar-refractivity contribution is 5.80. The Morgan fingerprint density at radius 3 is 2.79 bits per heavy atom. The van der Waals surface area contributed by atoms with E-state index in [4.69, 9.17) is 5.11 Å². The fourth-order valence-electron chi connectivity index (χ4n) is 3.11. The van der Waals surface area contributed by atoms with Gasteiger partial charge in [-0.15, -0.1) is 0 Å². The Bertz CT molecular complexity index is 389. The molecule has 1 aliphatic heterocycles. The molecule has 1 fully saturated rings. The fraction of sp³-hybridized carbons (Fsp3) is 0.733. The molecule has 0 spiro atoms. The highest BCUT2D eigenvalue weighted by atomic mass is 16.4. The van der Waals surface area contributed by atoms with Crippen LogP contribution in [0.25, 0.3) is 0 Å². The molecule has 1 saturated heterocycles. The first-order valence-electron chi connectivity index (χ1n) is 7.24. The lowest BCUT2D eigenvalue weighted by Crippen LogP contribution is -2.45. The van der Waals surface area contributed by atoms with Gasteiger partial charge >= 0.3 is 5.97 Å². The molecule has 0 aromatic heterocycles. The van der Waals surface area contributed by atoms with Crippen LogP contribution < -0.4 is 0 Å². The third kappa shape index (κ3) is 3.82. The van der Waals surface area contributed by atoms with E-state index < -0.39 is 11.9 Å². The van der Waals surface area contributed by atoms with E-state index in [9.17, 15) is 9.59 Å². The summed E-state index contributed by atoms with van der Waals surface area (Å²) < 4.78 is 0. The summed E-state index contributed by atoms with van der Waals surface area (Å²) in [6, 6.07) is 0. The van der Waals surface area contributed by atoms with Crippen molar-refractivity contribution in [2.45, 2.75) is 45.4 Å². The van der Waals surface area contributed by atoms with E-state index in [0.717, 1.165) is 12.8 Å². The molecular weight excluding hydrogens is 242 g/mol. The maximum atomic E-state index is 12.3. The molecule has 0 bridgehead atoms. The Balaban J connectivity index is 1.94. The zero-order valence-corrected chi connectivity index (χ0v) is 11.6. The molecule has 1 aliphatic carbocycles. The number of carboxylic acids is 1. The molecule has 2 atom stereocenters. The fourth-order valence-corrected chi connectivity index (χ4v) is 3.11. The van der Waals surface area contributed by atoms with Gasteiger partial charge in [-0.1, -0.05) is 18.6 Å². The van der Waals surface area contributed by atoms with Crippen LogP contribution in [0.1, 0.15) is 45.4 Å². The van der Waals surface area contributed by atoms with Crippen LogP contribution >= 0.6 is 0 Å². The van der Waals surface area contributed by atoms with Crippen molar-refractivity contribution in [2.24, 2.45) is 11.8 Å². The van der Waals surface area contributed by atoms with Gasteiger partial charge in [0.1, 0.15) is 0 Å². The summed E-state index contributed by atoms with van der Waals surface area (Å²) >= 11 is 0. The summed E-state index contributed by atoms with van der Waals surface area (Å²) in [6.07, 6.45) is 7.85. The number of amides is 1. The van der Waals surface area contributed by atoms with Crippen molar-refractivity contribution in [1.82, 2.24) is 4.90 Å². The van der Waals surface area contributed by atoms with Crippen LogP contribution in [0, 0.1) is 11.8 Å². The molecule has 19 heavy (non-hydrogen) atoms. The molecule has 1 amide bonds. The topological polar surface area (TPSA) is 57.6 Å². The number of carbonyl (C=O) groups excluding carboxylic acids is 1. The number of piperidine rings is 1. The molecule has 2 aliphatic rings. The molecule has 4 nitrogen and oxygen atoms in total. The number of hydrogen-bond acceptors (Lipinski definition) is 2. The SMILES string of the molecule is CC1CC(C(=O)O)CN(C(=O)CC2=CCCCC2)C1. The van der Waals surface area contributed by atoms with E-state index in [1.165, 1.54) is 18.4 Å². The lowest BCUT2D eigenvalue weighted by atomic mass is 9.89. The maximum Gasteiger partial charge on any atom is 0.308 e. The Morgan fingerprint density at radius 2 is 2.16 bits per heavy atom.